The molecule has 8 nitrogen and oxygen atoms in total. The zero-order valence-electron chi connectivity index (χ0n) is 16.8. The molecule has 0 spiro atoms. The van der Waals surface area contributed by atoms with Crippen LogP contribution in [-0.4, -0.2) is 57.3 Å². The van der Waals surface area contributed by atoms with E-state index in [0.717, 1.165) is 11.0 Å². The number of aromatic nitrogens is 2. The van der Waals surface area contributed by atoms with E-state index in [1.165, 1.54) is 21.3 Å². The molecule has 1 aliphatic heterocycles. The molecule has 2 aromatic carbocycles. The van der Waals surface area contributed by atoms with Crippen molar-refractivity contribution in [1.29, 1.82) is 0 Å². The zero-order chi connectivity index (χ0) is 20.5. The molecule has 0 saturated heterocycles. The quantitative estimate of drug-likeness (QED) is 0.673. The Morgan fingerprint density at radius 3 is 2.07 bits per heavy atom. The van der Waals surface area contributed by atoms with Crippen LogP contribution < -0.4 is 24.0 Å². The highest BCUT2D eigenvalue weighted by atomic mass is 16.5. The summed E-state index contributed by atoms with van der Waals surface area (Å²) in [5.41, 5.74) is 1.89. The van der Waals surface area contributed by atoms with Crippen LogP contribution in [0.5, 0.6) is 17.2 Å². The summed E-state index contributed by atoms with van der Waals surface area (Å²) >= 11 is 0. The monoisotopic (exact) mass is 394 g/mol. The van der Waals surface area contributed by atoms with Crippen LogP contribution in [0.15, 0.2) is 36.4 Å². The first-order valence-corrected chi connectivity index (χ1v) is 9.17. The molecule has 29 heavy (non-hydrogen) atoms. The van der Waals surface area contributed by atoms with Crippen molar-refractivity contribution in [2.45, 2.75) is 0 Å². The Bertz CT molecular complexity index is 1090. The Hall–Kier alpha value is -3.55. The minimum Gasteiger partial charge on any atom is -0.496 e. The normalized spacial score (nSPS) is 13.2. The van der Waals surface area contributed by atoms with Gasteiger partial charge in [0, 0.05) is 32.3 Å². The lowest BCUT2D eigenvalue weighted by atomic mass is 10.1. The Morgan fingerprint density at radius 2 is 1.45 bits per heavy atom. The van der Waals surface area contributed by atoms with Gasteiger partial charge in [0.2, 0.25) is 0 Å². The molecule has 0 bridgehead atoms. The van der Waals surface area contributed by atoms with Crippen LogP contribution >= 0.6 is 0 Å². The van der Waals surface area contributed by atoms with Crippen LogP contribution in [0.25, 0.3) is 11.0 Å². The van der Waals surface area contributed by atoms with Crippen molar-refractivity contribution >= 4 is 28.6 Å². The summed E-state index contributed by atoms with van der Waals surface area (Å²) in [6, 6.07) is 10.9. The van der Waals surface area contributed by atoms with Gasteiger partial charge in [-0.15, -0.1) is 0 Å². The van der Waals surface area contributed by atoms with Gasteiger partial charge in [-0.2, -0.15) is 0 Å². The predicted molar refractivity (Wildman–Crippen MR) is 111 cm³/mol. The molecular formula is C21H22N4O4. The maximum Gasteiger partial charge on any atom is 0.263 e. The predicted octanol–water partition coefficient (Wildman–Crippen LogP) is 2.75. The van der Waals surface area contributed by atoms with Crippen molar-refractivity contribution in [1.82, 2.24) is 9.97 Å². The number of benzene rings is 2. The highest BCUT2D eigenvalue weighted by Gasteiger charge is 2.31. The number of ether oxygens (including phenoxy) is 3. The molecule has 1 aromatic heterocycles. The van der Waals surface area contributed by atoms with Gasteiger partial charge in [0.05, 0.1) is 37.9 Å². The van der Waals surface area contributed by atoms with Crippen molar-refractivity contribution in [3.8, 4) is 17.2 Å². The van der Waals surface area contributed by atoms with Crippen LogP contribution in [0.4, 0.5) is 11.6 Å². The number of amides is 1. The summed E-state index contributed by atoms with van der Waals surface area (Å²) in [7, 11) is 6.53. The van der Waals surface area contributed by atoms with Crippen LogP contribution in [0, 0.1) is 0 Å². The maximum absolute atomic E-state index is 13.5. The molecule has 3 aromatic rings. The fourth-order valence-electron chi connectivity index (χ4n) is 3.42. The summed E-state index contributed by atoms with van der Waals surface area (Å²) in [4.78, 5) is 26.6. The first-order valence-electron chi connectivity index (χ1n) is 9.17. The molecule has 1 aliphatic rings. The summed E-state index contributed by atoms with van der Waals surface area (Å²) in [6.07, 6.45) is 0. The molecule has 0 unspecified atom stereocenters. The number of hydrogen-bond donors (Lipinski definition) is 0. The van der Waals surface area contributed by atoms with E-state index in [1.54, 1.807) is 17.0 Å². The minimum atomic E-state index is -0.235. The lowest BCUT2D eigenvalue weighted by molar-refractivity contribution is 0.0982. The Kier molecular flexibility index (Phi) is 4.84. The molecular weight excluding hydrogens is 372 g/mol. The summed E-state index contributed by atoms with van der Waals surface area (Å²) in [5, 5.41) is 0. The van der Waals surface area contributed by atoms with Gasteiger partial charge < -0.3 is 19.1 Å². The van der Waals surface area contributed by atoms with Crippen molar-refractivity contribution in [3.05, 3.63) is 42.0 Å². The number of para-hydroxylation sites is 2. The van der Waals surface area contributed by atoms with Crippen LogP contribution in [-0.2, 0) is 0 Å². The second-order valence-electron chi connectivity index (χ2n) is 6.65. The molecule has 0 aliphatic carbocycles. The number of fused-ring (bicyclic) bond motifs is 2. The number of anilines is 2. The van der Waals surface area contributed by atoms with Crippen molar-refractivity contribution < 1.29 is 19.0 Å². The van der Waals surface area contributed by atoms with Crippen LogP contribution in [0.1, 0.15) is 10.4 Å². The molecule has 0 fully saturated rings. The molecule has 0 N–H and O–H groups in total. The maximum atomic E-state index is 13.5. The minimum absolute atomic E-state index is 0.235. The molecule has 2 heterocycles. The van der Waals surface area contributed by atoms with Crippen molar-refractivity contribution in [3.63, 3.8) is 0 Å². The fourth-order valence-corrected chi connectivity index (χ4v) is 3.42. The fraction of sp³-hybridized carbons (Fsp3) is 0.286. The second-order valence-corrected chi connectivity index (χ2v) is 6.65. The van der Waals surface area contributed by atoms with E-state index in [0.29, 0.717) is 47.5 Å². The number of carbonyl (C=O) groups excluding carboxylic acids is 1. The number of nitrogens with zero attached hydrogens (tertiary/aromatic N) is 4. The third-order valence-electron chi connectivity index (χ3n) is 4.99. The number of methoxy groups -OCH3 is 3. The summed E-state index contributed by atoms with van der Waals surface area (Å²) < 4.78 is 16.1. The Balaban J connectivity index is 1.83. The standard InChI is InChI=1S/C21H22N4O4/c1-24-9-10-25(20-19(24)22-14-7-5-6-8-15(14)23-20)21(26)13-11-17(28-3)18(29-4)12-16(13)27-2/h5-8,11-12H,9-10H2,1-4H3. The van der Waals surface area contributed by atoms with E-state index in [1.807, 2.05) is 36.2 Å². The number of rotatable bonds is 4. The molecule has 0 atom stereocenters. The average molecular weight is 394 g/mol. The van der Waals surface area contributed by atoms with Crippen LogP contribution in [0.3, 0.4) is 0 Å². The van der Waals surface area contributed by atoms with Gasteiger partial charge in [-0.1, -0.05) is 12.1 Å². The zero-order valence-corrected chi connectivity index (χ0v) is 16.8. The number of likely N-dealkylation sites (N-methyl/N-ethyl adjacent to an activating group) is 1. The third kappa shape index (κ3) is 3.16. The second kappa shape index (κ2) is 7.46. The summed E-state index contributed by atoms with van der Waals surface area (Å²) in [5.74, 6) is 2.31. The van der Waals surface area contributed by atoms with E-state index in [-0.39, 0.29) is 5.91 Å². The largest absolute Gasteiger partial charge is 0.496 e. The van der Waals surface area contributed by atoms with Gasteiger partial charge in [-0.3, -0.25) is 9.69 Å². The highest BCUT2D eigenvalue weighted by Crippen LogP contribution is 2.37. The van der Waals surface area contributed by atoms with Gasteiger partial charge in [0.1, 0.15) is 5.75 Å². The number of carbonyl (C=O) groups is 1. The van der Waals surface area contributed by atoms with Gasteiger partial charge in [-0.25, -0.2) is 9.97 Å². The number of hydrogen-bond acceptors (Lipinski definition) is 7. The van der Waals surface area contributed by atoms with E-state index >= 15 is 0 Å². The van der Waals surface area contributed by atoms with Gasteiger partial charge in [-0.05, 0) is 12.1 Å². The molecule has 0 saturated carbocycles. The summed E-state index contributed by atoms with van der Waals surface area (Å²) in [6.45, 7) is 1.12. The molecule has 8 heteroatoms. The third-order valence-corrected chi connectivity index (χ3v) is 4.99. The highest BCUT2D eigenvalue weighted by molar-refractivity contribution is 6.10. The van der Waals surface area contributed by atoms with Gasteiger partial charge in [0.25, 0.3) is 5.91 Å². The van der Waals surface area contributed by atoms with E-state index < -0.39 is 0 Å². The molecule has 1 amide bonds. The first-order chi connectivity index (χ1) is 14.1. The topological polar surface area (TPSA) is 77.0 Å². The van der Waals surface area contributed by atoms with Crippen LogP contribution in [0.2, 0.25) is 0 Å². The lowest BCUT2D eigenvalue weighted by Gasteiger charge is -2.34. The molecule has 0 radical (unpaired) electrons. The smallest absolute Gasteiger partial charge is 0.263 e. The van der Waals surface area contributed by atoms with Crippen molar-refractivity contribution in [2.24, 2.45) is 0 Å². The lowest BCUT2D eigenvalue weighted by Crippen LogP contribution is -2.44. The Labute approximate surface area is 168 Å². The van der Waals surface area contributed by atoms with Crippen molar-refractivity contribution in [2.75, 3.05) is 51.3 Å². The van der Waals surface area contributed by atoms with E-state index in [2.05, 4.69) is 0 Å². The van der Waals surface area contributed by atoms with Gasteiger partial charge >= 0.3 is 0 Å². The average Bonchev–Trinajstić information content (AvgIpc) is 2.76. The SMILES string of the molecule is COc1cc(OC)c(C(=O)N2CCN(C)c3nc4ccccc4nc32)cc1OC. The Morgan fingerprint density at radius 1 is 0.862 bits per heavy atom. The first kappa shape index (κ1) is 18.8. The molecule has 150 valence electrons. The van der Waals surface area contributed by atoms with E-state index in [9.17, 15) is 4.79 Å². The van der Waals surface area contributed by atoms with Gasteiger partial charge in [0.15, 0.2) is 23.1 Å². The molecule has 4 rings (SSSR count). The van der Waals surface area contributed by atoms with E-state index in [4.69, 9.17) is 24.2 Å².